The Bertz CT molecular complexity index is 2100. The zero-order chi connectivity index (χ0) is 39.2. The van der Waals surface area contributed by atoms with Crippen molar-refractivity contribution in [1.82, 2.24) is 39.4 Å². The molecule has 0 spiro atoms. The molecule has 2 aromatic heterocycles. The normalized spacial score (nSPS) is 24.1. The number of amides is 2. The average Bonchev–Trinajstić information content (AvgIpc) is 3.44. The van der Waals surface area contributed by atoms with Gasteiger partial charge in [0.25, 0.3) is 6.43 Å². The molecule has 4 saturated heterocycles. The Hall–Kier alpha value is -3.72. The third-order valence-electron chi connectivity index (χ3n) is 11.2. The first-order valence-electron chi connectivity index (χ1n) is 18.6. The van der Waals surface area contributed by atoms with Crippen LogP contribution in [0.25, 0.3) is 16.0 Å². The van der Waals surface area contributed by atoms with Gasteiger partial charge in [-0.25, -0.2) is 31.4 Å². The molecule has 2 atom stereocenters. The molecule has 8 rings (SSSR count). The molecule has 0 bridgehead atoms. The number of carbonyl (C=O) groups excluding carboxylic acids is 2. The van der Waals surface area contributed by atoms with Crippen LogP contribution in [0.15, 0.2) is 17.0 Å². The van der Waals surface area contributed by atoms with Crippen molar-refractivity contribution in [3.05, 3.63) is 17.1 Å². The fourth-order valence-electron chi connectivity index (χ4n) is 7.57. The van der Waals surface area contributed by atoms with E-state index in [2.05, 4.69) is 26.7 Å². The molecule has 4 aliphatic heterocycles. The van der Waals surface area contributed by atoms with E-state index in [1.165, 1.54) is 15.6 Å². The van der Waals surface area contributed by atoms with E-state index < -0.39 is 44.1 Å². The summed E-state index contributed by atoms with van der Waals surface area (Å²) in [6, 6.07) is 3.43. The molecule has 2 amide bonds. The summed E-state index contributed by atoms with van der Waals surface area (Å²) in [5.41, 5.74) is -1.14. The van der Waals surface area contributed by atoms with Crippen LogP contribution in [0.3, 0.4) is 0 Å². The van der Waals surface area contributed by atoms with Crippen molar-refractivity contribution >= 4 is 50.0 Å². The van der Waals surface area contributed by atoms with Gasteiger partial charge >= 0.3 is 6.09 Å². The molecule has 1 aromatic carbocycles. The summed E-state index contributed by atoms with van der Waals surface area (Å²) in [5.74, 6) is 0.146. The monoisotopic (exact) mass is 807 g/mol. The van der Waals surface area contributed by atoms with Gasteiger partial charge < -0.3 is 28.9 Å². The van der Waals surface area contributed by atoms with Crippen LogP contribution in [0, 0.1) is 5.41 Å². The predicted octanol–water partition coefficient (Wildman–Crippen LogP) is 3.40. The van der Waals surface area contributed by atoms with Crippen molar-refractivity contribution in [3.8, 4) is 11.0 Å². The molecular weight excluding hydrogens is 761 g/mol. The van der Waals surface area contributed by atoms with Crippen molar-refractivity contribution in [2.75, 3.05) is 63.9 Å². The summed E-state index contributed by atoms with van der Waals surface area (Å²) < 4.78 is 76.9. The Morgan fingerprint density at radius 2 is 1.75 bits per heavy atom. The Morgan fingerprint density at radius 3 is 2.31 bits per heavy atom. The van der Waals surface area contributed by atoms with Gasteiger partial charge in [0, 0.05) is 57.4 Å². The molecule has 300 valence electrons. The SMILES string of the molecule is C[C@@H]1[C@@H](Oc2nn(-c3nnc(C(F)F)s3)c3cc(S(=O)(=O)NC4(C)CC4)cc(N4CCN(C(=O)C5(C)CN(C(=O)OC(C)(C)C)C5)CC4)c23)CN1C1COC1. The van der Waals surface area contributed by atoms with E-state index in [1.807, 2.05) is 18.7 Å². The van der Waals surface area contributed by atoms with E-state index in [0.29, 0.717) is 92.7 Å². The molecule has 55 heavy (non-hydrogen) atoms. The molecule has 5 fully saturated rings. The first kappa shape index (κ1) is 38.2. The molecule has 1 aliphatic carbocycles. The molecule has 1 N–H and O–H groups in total. The van der Waals surface area contributed by atoms with Crippen molar-refractivity contribution in [3.63, 3.8) is 0 Å². The highest BCUT2D eigenvalue weighted by Gasteiger charge is 2.51. The highest BCUT2D eigenvalue weighted by atomic mass is 32.2. The molecule has 6 heterocycles. The maximum atomic E-state index is 13.9. The number of alkyl halides is 2. The Labute approximate surface area is 322 Å². The number of benzene rings is 1. The first-order valence-corrected chi connectivity index (χ1v) is 20.9. The van der Waals surface area contributed by atoms with Gasteiger partial charge in [0.1, 0.15) is 11.7 Å². The van der Waals surface area contributed by atoms with E-state index in [0.717, 1.165) is 0 Å². The van der Waals surface area contributed by atoms with Crippen molar-refractivity contribution in [2.45, 2.75) is 95.0 Å². The summed E-state index contributed by atoms with van der Waals surface area (Å²) in [4.78, 5) is 34.0. The van der Waals surface area contributed by atoms with Crippen molar-refractivity contribution in [1.29, 1.82) is 0 Å². The lowest BCUT2D eigenvalue weighted by atomic mass is 9.80. The topological polar surface area (TPSA) is 165 Å². The lowest BCUT2D eigenvalue weighted by Gasteiger charge is -2.51. The number of hydrogen-bond donors (Lipinski definition) is 1. The number of halogens is 2. The fraction of sp³-hybridized carbons (Fsp3) is 0.686. The van der Waals surface area contributed by atoms with Crippen LogP contribution in [-0.4, -0.2) is 143 Å². The third-order valence-corrected chi connectivity index (χ3v) is 13.7. The number of ether oxygens (including phenoxy) is 3. The maximum Gasteiger partial charge on any atom is 0.410 e. The summed E-state index contributed by atoms with van der Waals surface area (Å²) in [6.45, 7) is 15.0. The minimum Gasteiger partial charge on any atom is -0.470 e. The quantitative estimate of drug-likeness (QED) is 0.318. The van der Waals surface area contributed by atoms with Crippen LogP contribution < -0.4 is 14.4 Å². The Morgan fingerprint density at radius 1 is 1.05 bits per heavy atom. The summed E-state index contributed by atoms with van der Waals surface area (Å²) in [7, 11) is -4.04. The molecule has 16 nitrogen and oxygen atoms in total. The highest BCUT2D eigenvalue weighted by Crippen LogP contribution is 2.43. The third kappa shape index (κ3) is 7.23. The van der Waals surface area contributed by atoms with Crippen LogP contribution in [0.1, 0.15) is 65.8 Å². The molecule has 1 saturated carbocycles. The molecular formula is C35H47F2N9O7S2. The van der Waals surface area contributed by atoms with Gasteiger partial charge in [-0.05, 0) is 66.5 Å². The largest absolute Gasteiger partial charge is 0.470 e. The van der Waals surface area contributed by atoms with Gasteiger partial charge in [-0.3, -0.25) is 9.69 Å². The zero-order valence-electron chi connectivity index (χ0n) is 31.8. The number of fused-ring (bicyclic) bond motifs is 1. The Kier molecular flexibility index (Phi) is 9.33. The lowest BCUT2D eigenvalue weighted by Crippen LogP contribution is -2.68. The fourth-order valence-corrected chi connectivity index (χ4v) is 9.74. The number of rotatable bonds is 10. The van der Waals surface area contributed by atoms with Crippen LogP contribution in [-0.2, 0) is 24.3 Å². The number of aromatic nitrogens is 4. The molecule has 3 aromatic rings. The minimum atomic E-state index is -4.04. The summed E-state index contributed by atoms with van der Waals surface area (Å²) >= 11 is 0.664. The number of sulfonamides is 1. The summed E-state index contributed by atoms with van der Waals surface area (Å²) in [6.07, 6.45) is -2.15. The second-order valence-corrected chi connectivity index (χ2v) is 19.6. The molecule has 0 unspecified atom stereocenters. The van der Waals surface area contributed by atoms with Gasteiger partial charge in [0.15, 0.2) is 5.01 Å². The zero-order valence-corrected chi connectivity index (χ0v) is 33.4. The van der Waals surface area contributed by atoms with Gasteiger partial charge in [-0.2, -0.15) is 0 Å². The number of nitrogens with one attached hydrogen (secondary N) is 1. The maximum absolute atomic E-state index is 13.9. The van der Waals surface area contributed by atoms with Crippen LogP contribution in [0.2, 0.25) is 0 Å². The Balaban J connectivity index is 1.12. The minimum absolute atomic E-state index is 0.0229. The van der Waals surface area contributed by atoms with E-state index in [-0.39, 0.29) is 47.0 Å². The molecule has 0 radical (unpaired) electrons. The standard InChI is InChI=1S/C35H47F2N9O7S2/c1-20-25(15-45(20)21-16-51-17-21)52-28-26-23(42-9-11-43(12-10-42)30(47)34(5)18-44(19-34)32(48)53-33(2,3)4)13-22(55(49,50)41-35(6)7-8-35)14-24(26)46(40-28)31-39-38-29(54-31)27(36)37/h13-14,20-21,25,27,41H,7-12,15-19H2,1-6H3/t20-,25+/m1/s1. The van der Waals surface area contributed by atoms with Gasteiger partial charge in [0.05, 0.1) is 46.2 Å². The summed E-state index contributed by atoms with van der Waals surface area (Å²) in [5, 5.41) is 12.5. The lowest BCUT2D eigenvalue weighted by molar-refractivity contribution is -0.150. The van der Waals surface area contributed by atoms with Crippen LogP contribution in [0.5, 0.6) is 5.88 Å². The van der Waals surface area contributed by atoms with E-state index >= 15 is 0 Å². The number of piperazine rings is 1. The smallest absolute Gasteiger partial charge is 0.410 e. The number of likely N-dealkylation sites (tertiary alicyclic amines) is 2. The predicted molar refractivity (Wildman–Crippen MR) is 197 cm³/mol. The van der Waals surface area contributed by atoms with E-state index in [4.69, 9.17) is 19.3 Å². The van der Waals surface area contributed by atoms with Crippen LogP contribution >= 0.6 is 11.3 Å². The van der Waals surface area contributed by atoms with Crippen molar-refractivity contribution in [2.24, 2.45) is 5.41 Å². The first-order chi connectivity index (χ1) is 25.8. The van der Waals surface area contributed by atoms with Gasteiger partial charge in [-0.1, -0.05) is 11.3 Å². The van der Waals surface area contributed by atoms with E-state index in [1.54, 1.807) is 31.7 Å². The highest BCUT2D eigenvalue weighted by molar-refractivity contribution is 7.89. The molecule has 20 heteroatoms. The number of nitrogens with zero attached hydrogens (tertiary/aromatic N) is 8. The number of anilines is 1. The average molecular weight is 808 g/mol. The second-order valence-electron chi connectivity index (χ2n) is 16.9. The number of carbonyl (C=O) groups is 2. The van der Waals surface area contributed by atoms with Crippen LogP contribution in [0.4, 0.5) is 19.3 Å². The van der Waals surface area contributed by atoms with E-state index in [9.17, 15) is 26.8 Å². The van der Waals surface area contributed by atoms with Gasteiger partial charge in [0.2, 0.25) is 26.9 Å². The second kappa shape index (κ2) is 13.5. The van der Waals surface area contributed by atoms with Crippen molar-refractivity contribution < 1.29 is 41.0 Å². The molecule has 5 aliphatic rings. The van der Waals surface area contributed by atoms with Gasteiger partial charge in [-0.15, -0.1) is 15.3 Å². The number of hydrogen-bond acceptors (Lipinski definition) is 13.